The molecule has 0 amide bonds. The first-order chi connectivity index (χ1) is 17.5. The van der Waals surface area contributed by atoms with Gasteiger partial charge in [0.05, 0.1) is 32.5 Å². The van der Waals surface area contributed by atoms with Gasteiger partial charge in [0.2, 0.25) is 5.78 Å². The number of benzene rings is 3. The van der Waals surface area contributed by atoms with Crippen molar-refractivity contribution >= 4 is 43.4 Å². The molecule has 3 aromatic carbocycles. The van der Waals surface area contributed by atoms with Gasteiger partial charge >= 0.3 is 10.1 Å². The number of methoxy groups -OCH3 is 3. The monoisotopic (exact) mass is 588 g/mol. The van der Waals surface area contributed by atoms with Crippen LogP contribution in [0, 0.1) is 6.92 Å². The third-order valence-corrected chi connectivity index (χ3v) is 7.86. The molecule has 192 valence electrons. The van der Waals surface area contributed by atoms with E-state index in [4.69, 9.17) is 18.4 Å². The summed E-state index contributed by atoms with van der Waals surface area (Å²) in [7, 11) is -0.586. The molecule has 0 aromatic heterocycles. The lowest BCUT2D eigenvalue weighted by atomic mass is 9.81. The minimum absolute atomic E-state index is 0.00545. The zero-order valence-corrected chi connectivity index (χ0v) is 22.8. The number of carbonyl (C=O) groups is 3. The topological polar surface area (TPSA) is 122 Å². The number of fused-ring (bicyclic) bond motifs is 2. The van der Waals surface area contributed by atoms with Gasteiger partial charge < -0.3 is 18.4 Å². The maximum Gasteiger partial charge on any atom is 0.339 e. The van der Waals surface area contributed by atoms with Crippen LogP contribution in [-0.4, -0.2) is 47.1 Å². The maximum atomic E-state index is 13.9. The van der Waals surface area contributed by atoms with Crippen LogP contribution >= 0.6 is 15.9 Å². The number of rotatable bonds is 7. The summed E-state index contributed by atoms with van der Waals surface area (Å²) in [5.41, 5.74) is -0.237. The van der Waals surface area contributed by atoms with E-state index < -0.39 is 38.8 Å². The van der Waals surface area contributed by atoms with E-state index in [1.807, 2.05) is 0 Å². The Morgan fingerprint density at radius 2 is 1.35 bits per heavy atom. The van der Waals surface area contributed by atoms with Gasteiger partial charge in [0, 0.05) is 11.1 Å². The highest BCUT2D eigenvalue weighted by molar-refractivity contribution is 9.10. The number of aryl methyl sites for hydroxylation is 1. The molecule has 0 saturated heterocycles. The smallest absolute Gasteiger partial charge is 0.339 e. The molecule has 1 aliphatic rings. The molecule has 0 atom stereocenters. The molecule has 0 radical (unpaired) electrons. The van der Waals surface area contributed by atoms with Crippen molar-refractivity contribution in [3.63, 3.8) is 0 Å². The minimum atomic E-state index is -4.53. The van der Waals surface area contributed by atoms with Crippen molar-refractivity contribution in [2.24, 2.45) is 0 Å². The Labute approximate surface area is 221 Å². The lowest BCUT2D eigenvalue weighted by molar-refractivity contribution is 0.0971. The van der Waals surface area contributed by atoms with Gasteiger partial charge in [-0.3, -0.25) is 14.4 Å². The summed E-state index contributed by atoms with van der Waals surface area (Å²) in [5, 5.41) is 0. The second-order valence-electron chi connectivity index (χ2n) is 8.12. The van der Waals surface area contributed by atoms with Gasteiger partial charge in [-0.1, -0.05) is 17.7 Å². The van der Waals surface area contributed by atoms with E-state index in [2.05, 4.69) is 15.9 Å². The second kappa shape index (κ2) is 9.64. The summed E-state index contributed by atoms with van der Waals surface area (Å²) >= 11 is 3.32. The molecule has 37 heavy (non-hydrogen) atoms. The molecule has 0 N–H and O–H groups in total. The van der Waals surface area contributed by atoms with Crippen molar-refractivity contribution in [3.05, 3.63) is 74.3 Å². The van der Waals surface area contributed by atoms with Crippen molar-refractivity contribution in [1.82, 2.24) is 0 Å². The first kappa shape index (κ1) is 26.4. The average molecular weight is 589 g/mol. The molecule has 0 spiro atoms. The Balaban J connectivity index is 2.06. The van der Waals surface area contributed by atoms with Crippen LogP contribution in [0.3, 0.4) is 0 Å². The average Bonchev–Trinajstić information content (AvgIpc) is 2.86. The summed E-state index contributed by atoms with van der Waals surface area (Å²) in [6, 6.07) is 8.41. The van der Waals surface area contributed by atoms with Gasteiger partial charge in [0.25, 0.3) is 0 Å². The highest BCUT2D eigenvalue weighted by Gasteiger charge is 2.41. The predicted octanol–water partition coefficient (Wildman–Crippen LogP) is 4.53. The van der Waals surface area contributed by atoms with Crippen LogP contribution in [0.25, 0.3) is 0 Å². The lowest BCUT2D eigenvalue weighted by Gasteiger charge is -2.25. The maximum absolute atomic E-state index is 13.9. The molecular weight excluding hydrogens is 568 g/mol. The second-order valence-corrected chi connectivity index (χ2v) is 10.5. The Hall–Kier alpha value is -3.70. The molecule has 4 rings (SSSR count). The number of ether oxygens (including phenoxy) is 3. The van der Waals surface area contributed by atoms with Crippen LogP contribution in [0.5, 0.6) is 23.0 Å². The molecule has 0 unspecified atom stereocenters. The van der Waals surface area contributed by atoms with Crippen LogP contribution in [-0.2, 0) is 10.1 Å². The molecule has 11 heteroatoms. The molecule has 9 nitrogen and oxygen atoms in total. The minimum Gasteiger partial charge on any atom is -0.496 e. The van der Waals surface area contributed by atoms with Gasteiger partial charge in [0.15, 0.2) is 17.3 Å². The number of carbonyl (C=O) groups excluding carboxylic acids is 3. The Morgan fingerprint density at radius 3 is 1.86 bits per heavy atom. The summed E-state index contributed by atoms with van der Waals surface area (Å²) in [5.74, 6) is -2.52. The molecular formula is C26H21BrO9S. The fourth-order valence-corrected chi connectivity index (χ4v) is 5.69. The summed E-state index contributed by atoms with van der Waals surface area (Å²) in [4.78, 5) is 40.1. The number of Topliss-reactive ketones (excluding diaryl/α,β-unsaturated/α-hetero) is 1. The van der Waals surface area contributed by atoms with Gasteiger partial charge in [-0.25, -0.2) is 0 Å². The van der Waals surface area contributed by atoms with E-state index in [-0.39, 0.29) is 48.9 Å². The standard InChI is InChI=1S/C26H21BrO9S/c1-12-6-8-14(9-7-12)37(31,32)36-25-19(13(2)28)17(33-3)10-15-20(25)24(30)21-16(23(15)29)11-18(34-4)22(27)26(21)35-5/h6-11H,1-5H3. The van der Waals surface area contributed by atoms with E-state index in [9.17, 15) is 22.8 Å². The van der Waals surface area contributed by atoms with Crippen molar-refractivity contribution < 1.29 is 41.2 Å². The van der Waals surface area contributed by atoms with Gasteiger partial charge in [-0.15, -0.1) is 0 Å². The van der Waals surface area contributed by atoms with Crippen LogP contribution < -0.4 is 18.4 Å². The zero-order chi connectivity index (χ0) is 27.2. The van der Waals surface area contributed by atoms with Crippen molar-refractivity contribution in [3.8, 4) is 23.0 Å². The van der Waals surface area contributed by atoms with E-state index in [1.54, 1.807) is 19.1 Å². The summed E-state index contributed by atoms with van der Waals surface area (Å²) < 4.78 is 48.3. The van der Waals surface area contributed by atoms with Crippen LogP contribution in [0.4, 0.5) is 0 Å². The SMILES string of the molecule is COc1cc2c(c(OC)c1Br)C(=O)c1c(cc(OC)c(C(C)=O)c1OS(=O)(=O)c1ccc(C)cc1)C2=O. The fraction of sp³-hybridized carbons (Fsp3) is 0.192. The quantitative estimate of drug-likeness (QED) is 0.226. The largest absolute Gasteiger partial charge is 0.496 e. The number of hydrogen-bond donors (Lipinski definition) is 0. The summed E-state index contributed by atoms with van der Waals surface area (Å²) in [6.45, 7) is 2.95. The van der Waals surface area contributed by atoms with Crippen molar-refractivity contribution in [1.29, 1.82) is 0 Å². The first-order valence-electron chi connectivity index (χ1n) is 10.8. The number of ketones is 3. The van der Waals surface area contributed by atoms with E-state index in [0.717, 1.165) is 5.56 Å². The Kier molecular flexibility index (Phi) is 6.87. The van der Waals surface area contributed by atoms with Crippen LogP contribution in [0.15, 0.2) is 45.8 Å². The Morgan fingerprint density at radius 1 is 0.811 bits per heavy atom. The van der Waals surface area contributed by atoms with Gasteiger partial charge in [0.1, 0.15) is 32.2 Å². The molecule has 3 aromatic rings. The van der Waals surface area contributed by atoms with Crippen molar-refractivity contribution in [2.75, 3.05) is 21.3 Å². The fourth-order valence-electron chi connectivity index (χ4n) is 4.10. The van der Waals surface area contributed by atoms with E-state index >= 15 is 0 Å². The van der Waals surface area contributed by atoms with Gasteiger partial charge in [-0.05, 0) is 54.0 Å². The van der Waals surface area contributed by atoms with Crippen LogP contribution in [0.1, 0.15) is 54.7 Å². The normalized spacial score (nSPS) is 12.5. The van der Waals surface area contributed by atoms with E-state index in [1.165, 1.54) is 52.5 Å². The highest BCUT2D eigenvalue weighted by Crippen LogP contribution is 2.47. The predicted molar refractivity (Wildman–Crippen MR) is 136 cm³/mol. The molecule has 1 aliphatic carbocycles. The number of halogens is 1. The van der Waals surface area contributed by atoms with Crippen molar-refractivity contribution in [2.45, 2.75) is 18.7 Å². The molecule has 0 saturated carbocycles. The summed E-state index contributed by atoms with van der Waals surface area (Å²) in [6.07, 6.45) is 0. The van der Waals surface area contributed by atoms with E-state index in [0.29, 0.717) is 0 Å². The first-order valence-corrected chi connectivity index (χ1v) is 13.0. The molecule has 0 aliphatic heterocycles. The lowest BCUT2D eigenvalue weighted by Crippen LogP contribution is -2.25. The zero-order valence-electron chi connectivity index (χ0n) is 20.4. The van der Waals surface area contributed by atoms with Crippen LogP contribution in [0.2, 0.25) is 0 Å². The molecule has 0 bridgehead atoms. The Bertz CT molecular complexity index is 1590. The number of hydrogen-bond acceptors (Lipinski definition) is 9. The van der Waals surface area contributed by atoms with Gasteiger partial charge in [-0.2, -0.15) is 8.42 Å². The third-order valence-electron chi connectivity index (χ3n) is 5.87. The molecule has 0 heterocycles. The third kappa shape index (κ3) is 4.27. The highest BCUT2D eigenvalue weighted by atomic mass is 79.9. The molecule has 0 fully saturated rings.